The number of hydrogen-bond donors (Lipinski definition) is 4. The molecule has 1 aromatic carbocycles. The van der Waals surface area contributed by atoms with Gasteiger partial charge in [0.1, 0.15) is 12.2 Å². The van der Waals surface area contributed by atoms with Crippen LogP contribution in [0.15, 0.2) is 46.1 Å². The van der Waals surface area contributed by atoms with Crippen molar-refractivity contribution in [1.29, 1.82) is 5.41 Å². The molecule has 0 spiro atoms. The third-order valence-corrected chi connectivity index (χ3v) is 6.35. The lowest BCUT2D eigenvalue weighted by atomic mass is 10.2. The van der Waals surface area contributed by atoms with Crippen LogP contribution in [-0.2, 0) is 26.2 Å². The number of hydrogen-bond acceptors (Lipinski definition) is 6. The number of hydroxylamine groups is 2. The van der Waals surface area contributed by atoms with E-state index in [1.54, 1.807) is 32.0 Å². The van der Waals surface area contributed by atoms with E-state index in [4.69, 9.17) is 16.0 Å². The van der Waals surface area contributed by atoms with Crippen molar-refractivity contribution < 1.29 is 18.0 Å². The summed E-state index contributed by atoms with van der Waals surface area (Å²) < 4.78 is 28.9. The fourth-order valence-electron chi connectivity index (χ4n) is 3.25. The Labute approximate surface area is 185 Å². The average Bonchev–Trinajstić information content (AvgIpc) is 2.73. The van der Waals surface area contributed by atoms with Crippen LogP contribution in [0.3, 0.4) is 0 Å². The number of carbonyl (C=O) groups excluding carboxylic acids is 1. The molecule has 1 aliphatic rings. The second-order valence-corrected chi connectivity index (χ2v) is 9.22. The van der Waals surface area contributed by atoms with Gasteiger partial charge in [-0.1, -0.05) is 12.1 Å². The molecule has 172 valence electrons. The van der Waals surface area contributed by atoms with Gasteiger partial charge in [-0.3, -0.25) is 24.6 Å². The first-order valence-corrected chi connectivity index (χ1v) is 11.4. The molecule has 0 bridgehead atoms. The first-order chi connectivity index (χ1) is 15.1. The van der Waals surface area contributed by atoms with Crippen molar-refractivity contribution in [3.8, 4) is 0 Å². The zero-order valence-corrected chi connectivity index (χ0v) is 18.6. The summed E-state index contributed by atoms with van der Waals surface area (Å²) in [5.41, 5.74) is 5.86. The maximum Gasteiger partial charge on any atom is 0.275 e. The second kappa shape index (κ2) is 9.40. The number of nitrogens with two attached hydrogens (primary N) is 1. The highest BCUT2D eigenvalue weighted by Crippen LogP contribution is 2.15. The van der Waals surface area contributed by atoms with Crippen molar-refractivity contribution in [2.45, 2.75) is 37.8 Å². The number of sulfonamides is 1. The van der Waals surface area contributed by atoms with E-state index >= 15 is 0 Å². The SMILES string of the molecule is Cc1cccc(S(=O)(=O)Nc2ccc(C)n(CC(=O)NC3CCN(C(=N)N)OC3)c2=O)c1. The fourth-order valence-corrected chi connectivity index (χ4v) is 4.41. The van der Waals surface area contributed by atoms with Crippen LogP contribution < -0.4 is 21.3 Å². The Bertz CT molecular complexity index is 1190. The number of pyridine rings is 1. The van der Waals surface area contributed by atoms with Crippen LogP contribution >= 0.6 is 0 Å². The van der Waals surface area contributed by atoms with Crippen molar-refractivity contribution in [3.63, 3.8) is 0 Å². The summed E-state index contributed by atoms with van der Waals surface area (Å²) in [6.07, 6.45) is 0.523. The molecular formula is C20H26N6O5S. The van der Waals surface area contributed by atoms with Gasteiger partial charge in [0.25, 0.3) is 15.6 Å². The highest BCUT2D eigenvalue weighted by molar-refractivity contribution is 7.92. The third kappa shape index (κ3) is 5.45. The van der Waals surface area contributed by atoms with E-state index in [0.29, 0.717) is 18.7 Å². The van der Waals surface area contributed by atoms with Gasteiger partial charge in [0, 0.05) is 5.69 Å². The van der Waals surface area contributed by atoms with E-state index in [-0.39, 0.29) is 35.7 Å². The molecule has 0 saturated carbocycles. The lowest BCUT2D eigenvalue weighted by Gasteiger charge is -2.31. The van der Waals surface area contributed by atoms with Crippen molar-refractivity contribution in [3.05, 3.63) is 58.0 Å². The Morgan fingerprint density at radius 3 is 2.66 bits per heavy atom. The van der Waals surface area contributed by atoms with E-state index < -0.39 is 21.5 Å². The summed E-state index contributed by atoms with van der Waals surface area (Å²) in [7, 11) is -3.96. The quantitative estimate of drug-likeness (QED) is 0.354. The molecule has 5 N–H and O–H groups in total. The number of aromatic nitrogens is 1. The molecule has 1 aromatic heterocycles. The van der Waals surface area contributed by atoms with Gasteiger partial charge in [0.15, 0.2) is 0 Å². The molecule has 0 radical (unpaired) electrons. The zero-order valence-electron chi connectivity index (χ0n) is 17.8. The van der Waals surface area contributed by atoms with Crippen molar-refractivity contribution in [1.82, 2.24) is 14.9 Å². The van der Waals surface area contributed by atoms with Gasteiger partial charge in [0.2, 0.25) is 11.9 Å². The average molecular weight is 463 g/mol. The van der Waals surface area contributed by atoms with E-state index in [2.05, 4.69) is 10.0 Å². The van der Waals surface area contributed by atoms with Gasteiger partial charge >= 0.3 is 0 Å². The predicted molar refractivity (Wildman–Crippen MR) is 119 cm³/mol. The Hall–Kier alpha value is -3.38. The van der Waals surface area contributed by atoms with Crippen LogP contribution in [0.25, 0.3) is 0 Å². The Kier molecular flexibility index (Phi) is 6.84. The topological polar surface area (TPSA) is 160 Å². The van der Waals surface area contributed by atoms with Crippen LogP contribution in [-0.4, -0.2) is 49.1 Å². The molecular weight excluding hydrogens is 436 g/mol. The smallest absolute Gasteiger partial charge is 0.275 e. The molecule has 1 saturated heterocycles. The number of carbonyl (C=O) groups is 1. The minimum atomic E-state index is -3.96. The zero-order chi connectivity index (χ0) is 23.5. The molecule has 2 heterocycles. The van der Waals surface area contributed by atoms with Crippen LogP contribution in [0.4, 0.5) is 5.69 Å². The minimum Gasteiger partial charge on any atom is -0.368 e. The fraction of sp³-hybridized carbons (Fsp3) is 0.350. The number of benzene rings is 1. The normalized spacial score (nSPS) is 16.4. The molecule has 11 nitrogen and oxygen atoms in total. The Morgan fingerprint density at radius 2 is 2.03 bits per heavy atom. The number of nitrogens with one attached hydrogen (secondary N) is 3. The largest absolute Gasteiger partial charge is 0.368 e. The van der Waals surface area contributed by atoms with E-state index in [0.717, 1.165) is 5.56 Å². The monoisotopic (exact) mass is 462 g/mol. The second-order valence-electron chi connectivity index (χ2n) is 7.54. The van der Waals surface area contributed by atoms with Gasteiger partial charge in [-0.05, 0) is 50.1 Å². The van der Waals surface area contributed by atoms with Gasteiger partial charge in [-0.25, -0.2) is 13.5 Å². The number of guanidine groups is 1. The van der Waals surface area contributed by atoms with Crippen molar-refractivity contribution >= 4 is 27.6 Å². The molecule has 32 heavy (non-hydrogen) atoms. The summed E-state index contributed by atoms with van der Waals surface area (Å²) in [5.74, 6) is -0.624. The third-order valence-electron chi connectivity index (χ3n) is 4.98. The maximum atomic E-state index is 12.9. The highest BCUT2D eigenvalue weighted by Gasteiger charge is 2.23. The Morgan fingerprint density at radius 1 is 1.28 bits per heavy atom. The van der Waals surface area contributed by atoms with E-state index in [9.17, 15) is 18.0 Å². The predicted octanol–water partition coefficient (Wildman–Crippen LogP) is 0.282. The molecule has 1 aliphatic heterocycles. The van der Waals surface area contributed by atoms with Gasteiger partial charge in [-0.2, -0.15) is 0 Å². The van der Waals surface area contributed by atoms with E-state index in [1.165, 1.54) is 27.8 Å². The molecule has 2 aromatic rings. The first-order valence-electron chi connectivity index (χ1n) is 9.90. The van der Waals surface area contributed by atoms with Gasteiger partial charge < -0.3 is 15.6 Å². The maximum absolute atomic E-state index is 12.9. The summed E-state index contributed by atoms with van der Waals surface area (Å²) in [4.78, 5) is 30.7. The highest BCUT2D eigenvalue weighted by atomic mass is 32.2. The number of aryl methyl sites for hydroxylation is 2. The van der Waals surface area contributed by atoms with Gasteiger partial charge in [-0.15, -0.1) is 0 Å². The van der Waals surface area contributed by atoms with Crippen LogP contribution in [0, 0.1) is 19.3 Å². The lowest BCUT2D eigenvalue weighted by molar-refractivity contribution is -0.143. The van der Waals surface area contributed by atoms with Crippen LogP contribution in [0.5, 0.6) is 0 Å². The molecule has 12 heteroatoms. The molecule has 3 rings (SSSR count). The van der Waals surface area contributed by atoms with Crippen molar-refractivity contribution in [2.75, 3.05) is 17.9 Å². The number of amides is 1. The van der Waals surface area contributed by atoms with Gasteiger partial charge in [0.05, 0.1) is 24.1 Å². The summed E-state index contributed by atoms with van der Waals surface area (Å²) in [6.45, 7) is 3.65. The lowest BCUT2D eigenvalue weighted by Crippen LogP contribution is -2.50. The van der Waals surface area contributed by atoms with Crippen LogP contribution in [0.2, 0.25) is 0 Å². The number of anilines is 1. The molecule has 1 amide bonds. The summed E-state index contributed by atoms with van der Waals surface area (Å²) >= 11 is 0. The number of nitrogens with zero attached hydrogens (tertiary/aromatic N) is 2. The molecule has 0 aliphatic carbocycles. The first kappa shape index (κ1) is 23.3. The summed E-state index contributed by atoms with van der Waals surface area (Å²) in [6, 6.07) is 8.98. The minimum absolute atomic E-state index is 0.0404. The van der Waals surface area contributed by atoms with Crippen LogP contribution in [0.1, 0.15) is 17.7 Å². The Balaban J connectivity index is 1.72. The standard InChI is InChI=1S/C20H26N6O5S/c1-13-4-3-5-16(10-13)32(29,30)24-17-7-6-14(2)25(19(17)28)11-18(27)23-15-8-9-26(20(21)22)31-12-15/h3-7,10,15,24H,8-9,11-12H2,1-2H3,(H3,21,22)(H,23,27). The van der Waals surface area contributed by atoms with E-state index in [1.807, 2.05) is 0 Å². The molecule has 1 atom stereocenters. The molecule has 1 unspecified atom stereocenters. The molecule has 1 fully saturated rings. The summed E-state index contributed by atoms with van der Waals surface area (Å²) in [5, 5.41) is 11.4. The number of rotatable bonds is 6. The van der Waals surface area contributed by atoms with Crippen molar-refractivity contribution in [2.24, 2.45) is 5.73 Å².